The molecule has 2 fully saturated rings. The van der Waals surface area contributed by atoms with Gasteiger partial charge in [0, 0.05) is 36.3 Å². The average Bonchev–Trinajstić information content (AvgIpc) is 3.31. The maximum absolute atomic E-state index is 12.5. The van der Waals surface area contributed by atoms with Gasteiger partial charge in [0.25, 0.3) is 5.91 Å². The van der Waals surface area contributed by atoms with Crippen LogP contribution in [-0.2, 0) is 4.79 Å². The molecule has 0 aromatic heterocycles. The molecule has 120 valence electrons. The van der Waals surface area contributed by atoms with E-state index in [1.165, 1.54) is 0 Å². The lowest BCUT2D eigenvalue weighted by Gasteiger charge is -2.30. The molecule has 2 aliphatic rings. The van der Waals surface area contributed by atoms with Crippen LogP contribution in [0, 0.1) is 5.92 Å². The molecule has 22 heavy (non-hydrogen) atoms. The summed E-state index contributed by atoms with van der Waals surface area (Å²) in [5.41, 5.74) is 7.23. The van der Waals surface area contributed by atoms with Gasteiger partial charge in [0.1, 0.15) is 0 Å². The van der Waals surface area contributed by atoms with E-state index in [1.54, 1.807) is 23.1 Å². The lowest BCUT2D eigenvalue weighted by Crippen LogP contribution is -2.45. The first kappa shape index (κ1) is 16.8. The van der Waals surface area contributed by atoms with Crippen LogP contribution in [0.2, 0.25) is 0 Å². The van der Waals surface area contributed by atoms with Gasteiger partial charge >= 0.3 is 0 Å². The van der Waals surface area contributed by atoms with Gasteiger partial charge in [-0.05, 0) is 43.9 Å². The number of carbonyl (C=O) groups is 2. The molecule has 1 unspecified atom stereocenters. The van der Waals surface area contributed by atoms with Crippen LogP contribution in [0.15, 0.2) is 24.3 Å². The predicted octanol–water partition coefficient (Wildman–Crippen LogP) is 2.02. The quantitative estimate of drug-likeness (QED) is 0.893. The van der Waals surface area contributed by atoms with Gasteiger partial charge < -0.3 is 16.0 Å². The number of nitrogens with two attached hydrogens (primary N) is 1. The second kappa shape index (κ2) is 7.11. The minimum absolute atomic E-state index is 0. The molecule has 3 N–H and O–H groups in total. The molecule has 0 radical (unpaired) electrons. The zero-order chi connectivity index (χ0) is 14.8. The van der Waals surface area contributed by atoms with Crippen LogP contribution in [0.3, 0.4) is 0 Å². The van der Waals surface area contributed by atoms with Gasteiger partial charge in [-0.2, -0.15) is 0 Å². The van der Waals surface area contributed by atoms with Crippen molar-refractivity contribution in [1.82, 2.24) is 4.90 Å². The van der Waals surface area contributed by atoms with Crippen LogP contribution in [0.25, 0.3) is 0 Å². The molecule has 0 spiro atoms. The number of halogens is 1. The Morgan fingerprint density at radius 3 is 2.68 bits per heavy atom. The molecule has 1 atom stereocenters. The third-order valence-corrected chi connectivity index (χ3v) is 4.07. The largest absolute Gasteiger partial charge is 0.337 e. The summed E-state index contributed by atoms with van der Waals surface area (Å²) in [5.74, 6) is 0.205. The van der Waals surface area contributed by atoms with Gasteiger partial charge in [0.2, 0.25) is 5.91 Å². The number of anilines is 1. The van der Waals surface area contributed by atoms with E-state index in [9.17, 15) is 9.59 Å². The zero-order valence-corrected chi connectivity index (χ0v) is 13.3. The van der Waals surface area contributed by atoms with E-state index in [0.29, 0.717) is 17.8 Å². The highest BCUT2D eigenvalue weighted by atomic mass is 35.5. The fraction of sp³-hybridized carbons (Fsp3) is 0.500. The number of amides is 2. The summed E-state index contributed by atoms with van der Waals surface area (Å²) in [6, 6.07) is 7.23. The molecule has 0 bridgehead atoms. The number of hydrogen-bond donors (Lipinski definition) is 2. The van der Waals surface area contributed by atoms with E-state index in [-0.39, 0.29) is 36.2 Å². The van der Waals surface area contributed by atoms with Crippen molar-refractivity contribution in [1.29, 1.82) is 0 Å². The molecule has 2 amide bonds. The van der Waals surface area contributed by atoms with Crippen molar-refractivity contribution < 1.29 is 9.59 Å². The van der Waals surface area contributed by atoms with E-state index in [0.717, 1.165) is 32.2 Å². The van der Waals surface area contributed by atoms with Gasteiger partial charge in [-0.15, -0.1) is 12.4 Å². The second-order valence-corrected chi connectivity index (χ2v) is 6.00. The van der Waals surface area contributed by atoms with Crippen LogP contribution < -0.4 is 11.1 Å². The number of rotatable bonds is 3. The van der Waals surface area contributed by atoms with Crippen molar-refractivity contribution in [3.8, 4) is 0 Å². The minimum atomic E-state index is -0.00679. The molecule has 1 saturated heterocycles. The first-order chi connectivity index (χ1) is 10.1. The normalized spacial score (nSPS) is 21.0. The monoisotopic (exact) mass is 323 g/mol. The maximum Gasteiger partial charge on any atom is 0.253 e. The topological polar surface area (TPSA) is 75.4 Å². The summed E-state index contributed by atoms with van der Waals surface area (Å²) >= 11 is 0. The third kappa shape index (κ3) is 3.99. The highest BCUT2D eigenvalue weighted by molar-refractivity contribution is 5.98. The molecule has 1 aliphatic carbocycles. The molecule has 5 nitrogen and oxygen atoms in total. The molecule has 3 rings (SSSR count). The SMILES string of the molecule is Cl.NC1CCCN(C(=O)c2cccc(NC(=O)C3CC3)c2)C1. The van der Waals surface area contributed by atoms with Crippen LogP contribution >= 0.6 is 12.4 Å². The maximum atomic E-state index is 12.5. The fourth-order valence-corrected chi connectivity index (χ4v) is 2.70. The Morgan fingerprint density at radius 1 is 1.23 bits per heavy atom. The summed E-state index contributed by atoms with van der Waals surface area (Å²) in [5, 5.41) is 2.88. The molecular weight excluding hydrogens is 302 g/mol. The summed E-state index contributed by atoms with van der Waals surface area (Å²) < 4.78 is 0. The molecule has 1 heterocycles. The minimum Gasteiger partial charge on any atom is -0.337 e. The van der Waals surface area contributed by atoms with Crippen molar-refractivity contribution in [3.05, 3.63) is 29.8 Å². The van der Waals surface area contributed by atoms with Crippen molar-refractivity contribution in [2.75, 3.05) is 18.4 Å². The summed E-state index contributed by atoms with van der Waals surface area (Å²) in [6.07, 6.45) is 3.86. The average molecular weight is 324 g/mol. The number of likely N-dealkylation sites (tertiary alicyclic amines) is 1. The lowest BCUT2D eigenvalue weighted by molar-refractivity contribution is -0.117. The van der Waals surface area contributed by atoms with Crippen LogP contribution in [0.5, 0.6) is 0 Å². The van der Waals surface area contributed by atoms with Crippen molar-refractivity contribution in [3.63, 3.8) is 0 Å². The number of nitrogens with one attached hydrogen (secondary N) is 1. The van der Waals surface area contributed by atoms with Crippen molar-refractivity contribution >= 4 is 29.9 Å². The molecule has 6 heteroatoms. The molecule has 1 aromatic rings. The standard InChI is InChI=1S/C16H21N3O2.ClH/c17-13-4-2-8-19(10-13)16(21)12-3-1-5-14(9-12)18-15(20)11-6-7-11;/h1,3,5,9,11,13H,2,4,6-8,10,17H2,(H,18,20);1H. The highest BCUT2D eigenvalue weighted by Crippen LogP contribution is 2.30. The summed E-state index contributed by atoms with van der Waals surface area (Å²) in [7, 11) is 0. The van der Waals surface area contributed by atoms with E-state index in [1.807, 2.05) is 6.07 Å². The highest BCUT2D eigenvalue weighted by Gasteiger charge is 2.29. The first-order valence-electron chi connectivity index (χ1n) is 7.59. The number of piperidine rings is 1. The van der Waals surface area contributed by atoms with E-state index >= 15 is 0 Å². The Morgan fingerprint density at radius 2 is 2.00 bits per heavy atom. The van der Waals surface area contributed by atoms with E-state index in [2.05, 4.69) is 5.32 Å². The Bertz CT molecular complexity index is 560. The molecule has 1 saturated carbocycles. The molecule has 1 aliphatic heterocycles. The second-order valence-electron chi connectivity index (χ2n) is 6.00. The van der Waals surface area contributed by atoms with Gasteiger partial charge in [0.05, 0.1) is 0 Å². The molecule has 1 aromatic carbocycles. The molecular formula is C16H22ClN3O2. The van der Waals surface area contributed by atoms with Crippen molar-refractivity contribution in [2.24, 2.45) is 11.7 Å². The number of carbonyl (C=O) groups excluding carboxylic acids is 2. The zero-order valence-electron chi connectivity index (χ0n) is 12.5. The van der Waals surface area contributed by atoms with E-state index < -0.39 is 0 Å². The fourth-order valence-electron chi connectivity index (χ4n) is 2.70. The summed E-state index contributed by atoms with van der Waals surface area (Å²) in [4.78, 5) is 26.1. The Balaban J connectivity index is 0.00000176. The lowest BCUT2D eigenvalue weighted by atomic mass is 10.1. The number of hydrogen-bond acceptors (Lipinski definition) is 3. The Labute approximate surface area is 136 Å². The van der Waals surface area contributed by atoms with Gasteiger partial charge in [-0.25, -0.2) is 0 Å². The van der Waals surface area contributed by atoms with Gasteiger partial charge in [-0.1, -0.05) is 6.07 Å². The van der Waals surface area contributed by atoms with Gasteiger partial charge in [-0.3, -0.25) is 9.59 Å². The van der Waals surface area contributed by atoms with Gasteiger partial charge in [0.15, 0.2) is 0 Å². The van der Waals surface area contributed by atoms with Crippen LogP contribution in [-0.4, -0.2) is 35.8 Å². The smallest absolute Gasteiger partial charge is 0.253 e. The number of nitrogens with zero attached hydrogens (tertiary/aromatic N) is 1. The Hall–Kier alpha value is -1.59. The van der Waals surface area contributed by atoms with Crippen LogP contribution in [0.4, 0.5) is 5.69 Å². The van der Waals surface area contributed by atoms with Crippen LogP contribution in [0.1, 0.15) is 36.0 Å². The first-order valence-corrected chi connectivity index (χ1v) is 7.59. The third-order valence-electron chi connectivity index (χ3n) is 4.07. The Kier molecular flexibility index (Phi) is 5.42. The number of benzene rings is 1. The summed E-state index contributed by atoms with van der Waals surface area (Å²) in [6.45, 7) is 1.36. The van der Waals surface area contributed by atoms with Crippen molar-refractivity contribution in [2.45, 2.75) is 31.7 Å². The predicted molar refractivity (Wildman–Crippen MR) is 88.2 cm³/mol. The van der Waals surface area contributed by atoms with E-state index in [4.69, 9.17) is 5.73 Å².